The summed E-state index contributed by atoms with van der Waals surface area (Å²) in [4.78, 5) is 5.71. The van der Waals surface area contributed by atoms with E-state index in [9.17, 15) is 0 Å². The van der Waals surface area contributed by atoms with E-state index in [0.29, 0.717) is 5.92 Å². The predicted octanol–water partition coefficient (Wildman–Crippen LogP) is 2.00. The average Bonchev–Trinajstić information content (AvgIpc) is 2.60. The van der Waals surface area contributed by atoms with Crippen LogP contribution >= 0.6 is 11.3 Å². The Balaban J connectivity index is 2.38. The second-order valence-corrected chi connectivity index (χ2v) is 4.42. The summed E-state index contributed by atoms with van der Waals surface area (Å²) in [5, 5.41) is 3.33. The van der Waals surface area contributed by atoms with Gasteiger partial charge >= 0.3 is 0 Å². The summed E-state index contributed by atoms with van der Waals surface area (Å²) in [6, 6.07) is 0. The molecule has 1 aromatic rings. The van der Waals surface area contributed by atoms with E-state index in [1.807, 2.05) is 5.51 Å². The molecule has 3 nitrogen and oxygen atoms in total. The van der Waals surface area contributed by atoms with Gasteiger partial charge in [-0.2, -0.15) is 0 Å². The first-order valence-electron chi connectivity index (χ1n) is 4.87. The molecule has 0 aromatic carbocycles. The van der Waals surface area contributed by atoms with E-state index < -0.39 is 0 Å². The molecule has 0 saturated heterocycles. The molecule has 80 valence electrons. The monoisotopic (exact) mass is 214 g/mol. The predicted molar refractivity (Wildman–Crippen MR) is 59.8 cm³/mol. The lowest BCUT2D eigenvalue weighted by molar-refractivity contribution is 0.199. The van der Waals surface area contributed by atoms with Gasteiger partial charge in [0.05, 0.1) is 17.8 Å². The summed E-state index contributed by atoms with van der Waals surface area (Å²) >= 11 is 1.72. The van der Waals surface area contributed by atoms with Gasteiger partial charge in [-0.3, -0.25) is 0 Å². The van der Waals surface area contributed by atoms with Crippen molar-refractivity contribution in [2.75, 3.05) is 20.3 Å². The van der Waals surface area contributed by atoms with Crippen molar-refractivity contribution >= 4 is 11.3 Å². The van der Waals surface area contributed by atoms with Crippen LogP contribution in [-0.2, 0) is 11.3 Å². The fourth-order valence-corrected chi connectivity index (χ4v) is 2.15. The molecule has 0 aliphatic rings. The van der Waals surface area contributed by atoms with E-state index in [-0.39, 0.29) is 0 Å². The van der Waals surface area contributed by atoms with Crippen molar-refractivity contribution in [1.29, 1.82) is 0 Å². The highest BCUT2D eigenvalue weighted by Gasteiger charge is 2.08. The smallest absolute Gasteiger partial charge is 0.0798 e. The van der Waals surface area contributed by atoms with Crippen LogP contribution in [0.3, 0.4) is 0 Å². The van der Waals surface area contributed by atoms with E-state index in [2.05, 4.69) is 24.1 Å². The summed E-state index contributed by atoms with van der Waals surface area (Å²) in [5.74, 6) is 0.514. The molecule has 0 fully saturated rings. The van der Waals surface area contributed by atoms with Gasteiger partial charge in [0.25, 0.3) is 0 Å². The molecule has 0 atom stereocenters. The van der Waals surface area contributed by atoms with Gasteiger partial charge < -0.3 is 10.1 Å². The number of ether oxygens (including phenoxy) is 1. The van der Waals surface area contributed by atoms with Crippen molar-refractivity contribution in [1.82, 2.24) is 10.3 Å². The molecular formula is C10H18N2OS. The number of nitrogens with zero attached hydrogens (tertiary/aromatic N) is 1. The zero-order chi connectivity index (χ0) is 10.4. The van der Waals surface area contributed by atoms with Crippen molar-refractivity contribution in [3.05, 3.63) is 16.1 Å². The number of nitrogens with one attached hydrogen (secondary N) is 1. The standard InChI is InChI=1S/C10H18N2OS/c1-8(2)10-9(14-7-12-10)6-11-4-5-13-3/h7-8,11H,4-6H2,1-3H3. The molecule has 1 rings (SSSR count). The van der Waals surface area contributed by atoms with E-state index in [4.69, 9.17) is 4.74 Å². The van der Waals surface area contributed by atoms with Crippen molar-refractivity contribution in [2.24, 2.45) is 0 Å². The van der Waals surface area contributed by atoms with Crippen LogP contribution in [0.1, 0.15) is 30.3 Å². The summed E-state index contributed by atoms with van der Waals surface area (Å²) in [6.07, 6.45) is 0. The highest BCUT2D eigenvalue weighted by molar-refractivity contribution is 7.09. The molecule has 0 unspecified atom stereocenters. The van der Waals surface area contributed by atoms with Crippen molar-refractivity contribution in [2.45, 2.75) is 26.3 Å². The zero-order valence-corrected chi connectivity index (χ0v) is 9.86. The Hall–Kier alpha value is -0.450. The third-order valence-corrected chi connectivity index (χ3v) is 2.84. The van der Waals surface area contributed by atoms with Gasteiger partial charge in [0, 0.05) is 25.1 Å². The Kier molecular flexibility index (Phi) is 5.07. The average molecular weight is 214 g/mol. The summed E-state index contributed by atoms with van der Waals surface area (Å²) < 4.78 is 4.96. The molecule has 0 aliphatic carbocycles. The summed E-state index contributed by atoms with van der Waals surface area (Å²) in [7, 11) is 1.72. The molecule has 14 heavy (non-hydrogen) atoms. The van der Waals surface area contributed by atoms with Crippen LogP contribution in [0.15, 0.2) is 5.51 Å². The van der Waals surface area contributed by atoms with Crippen LogP contribution in [0.25, 0.3) is 0 Å². The maximum Gasteiger partial charge on any atom is 0.0798 e. The second kappa shape index (κ2) is 6.11. The van der Waals surface area contributed by atoms with Gasteiger partial charge in [0.2, 0.25) is 0 Å². The first-order valence-corrected chi connectivity index (χ1v) is 5.75. The van der Waals surface area contributed by atoms with Gasteiger partial charge in [-0.25, -0.2) is 4.98 Å². The molecule has 0 amide bonds. The van der Waals surface area contributed by atoms with Gasteiger partial charge in [-0.05, 0) is 5.92 Å². The molecule has 0 radical (unpaired) electrons. The Labute approximate surface area is 89.5 Å². The van der Waals surface area contributed by atoms with Gasteiger partial charge in [-0.1, -0.05) is 13.8 Å². The third-order valence-electron chi connectivity index (χ3n) is 1.99. The lowest BCUT2D eigenvalue weighted by Gasteiger charge is -2.06. The molecular weight excluding hydrogens is 196 g/mol. The molecule has 0 saturated carbocycles. The fourth-order valence-electron chi connectivity index (χ4n) is 1.26. The Morgan fingerprint density at radius 3 is 3.00 bits per heavy atom. The number of methoxy groups -OCH3 is 1. The maximum absolute atomic E-state index is 4.96. The topological polar surface area (TPSA) is 34.1 Å². The number of hydrogen-bond donors (Lipinski definition) is 1. The van der Waals surface area contributed by atoms with Crippen LogP contribution in [0, 0.1) is 0 Å². The van der Waals surface area contributed by atoms with E-state index >= 15 is 0 Å². The Bertz CT molecular complexity index is 260. The third kappa shape index (κ3) is 3.36. The van der Waals surface area contributed by atoms with Crippen LogP contribution in [0.4, 0.5) is 0 Å². The molecule has 1 N–H and O–H groups in total. The highest BCUT2D eigenvalue weighted by Crippen LogP contribution is 2.20. The van der Waals surface area contributed by atoms with E-state index in [1.165, 1.54) is 10.6 Å². The molecule has 1 aromatic heterocycles. The first-order chi connectivity index (χ1) is 6.75. The molecule has 0 aliphatic heterocycles. The quantitative estimate of drug-likeness (QED) is 0.735. The van der Waals surface area contributed by atoms with Crippen molar-refractivity contribution < 1.29 is 4.74 Å². The van der Waals surface area contributed by atoms with Crippen LogP contribution in [0.2, 0.25) is 0 Å². The second-order valence-electron chi connectivity index (χ2n) is 3.49. The van der Waals surface area contributed by atoms with Gasteiger partial charge in [0.1, 0.15) is 0 Å². The minimum absolute atomic E-state index is 0.514. The van der Waals surface area contributed by atoms with Crippen LogP contribution < -0.4 is 5.32 Å². The van der Waals surface area contributed by atoms with Crippen LogP contribution in [0.5, 0.6) is 0 Å². The fraction of sp³-hybridized carbons (Fsp3) is 0.700. The molecule has 1 heterocycles. The lowest BCUT2D eigenvalue weighted by Crippen LogP contribution is -2.18. The van der Waals surface area contributed by atoms with Crippen molar-refractivity contribution in [3.8, 4) is 0 Å². The van der Waals surface area contributed by atoms with E-state index in [0.717, 1.165) is 19.7 Å². The number of hydrogen-bond acceptors (Lipinski definition) is 4. The Morgan fingerprint density at radius 1 is 1.57 bits per heavy atom. The largest absolute Gasteiger partial charge is 0.383 e. The van der Waals surface area contributed by atoms with Crippen molar-refractivity contribution in [3.63, 3.8) is 0 Å². The zero-order valence-electron chi connectivity index (χ0n) is 9.04. The summed E-state index contributed by atoms with van der Waals surface area (Å²) in [5.41, 5.74) is 3.14. The number of rotatable bonds is 6. The SMILES string of the molecule is COCCNCc1scnc1C(C)C. The minimum atomic E-state index is 0.514. The summed E-state index contributed by atoms with van der Waals surface area (Å²) in [6.45, 7) is 6.91. The first kappa shape index (κ1) is 11.6. The highest BCUT2D eigenvalue weighted by atomic mass is 32.1. The normalized spacial score (nSPS) is 11.1. The van der Waals surface area contributed by atoms with E-state index in [1.54, 1.807) is 18.4 Å². The molecule has 0 spiro atoms. The van der Waals surface area contributed by atoms with Gasteiger partial charge in [-0.15, -0.1) is 11.3 Å². The lowest BCUT2D eigenvalue weighted by atomic mass is 10.1. The van der Waals surface area contributed by atoms with Crippen LogP contribution in [-0.4, -0.2) is 25.2 Å². The minimum Gasteiger partial charge on any atom is -0.383 e. The number of thiazole rings is 1. The maximum atomic E-state index is 4.96. The van der Waals surface area contributed by atoms with Gasteiger partial charge in [0.15, 0.2) is 0 Å². The molecule has 0 bridgehead atoms. The number of aromatic nitrogens is 1. The molecule has 4 heteroatoms. The Morgan fingerprint density at radius 2 is 2.36 bits per heavy atom.